The first-order chi connectivity index (χ1) is 13.7. The SMILES string of the molecule is COc1ccc(CN2C(=O)c3cccn3[C@@H]3CN(Cc4cccs4)C[C@@H]32)cc1. The quantitative estimate of drug-likeness (QED) is 0.664. The number of methoxy groups -OCH3 is 1. The molecule has 1 aromatic carbocycles. The van der Waals surface area contributed by atoms with Crippen molar-refractivity contribution in [2.24, 2.45) is 0 Å². The zero-order valence-corrected chi connectivity index (χ0v) is 16.6. The molecule has 4 heterocycles. The summed E-state index contributed by atoms with van der Waals surface area (Å²) in [4.78, 5) is 19.2. The van der Waals surface area contributed by atoms with Crippen LogP contribution in [0.3, 0.4) is 0 Å². The Morgan fingerprint density at radius 2 is 1.86 bits per heavy atom. The van der Waals surface area contributed by atoms with E-state index in [-0.39, 0.29) is 11.9 Å². The maximum absolute atomic E-state index is 13.2. The summed E-state index contributed by atoms with van der Waals surface area (Å²) < 4.78 is 7.45. The van der Waals surface area contributed by atoms with Crippen LogP contribution in [0.5, 0.6) is 5.75 Å². The molecule has 2 atom stereocenters. The van der Waals surface area contributed by atoms with Crippen LogP contribution in [0.4, 0.5) is 0 Å². The fourth-order valence-corrected chi connectivity index (χ4v) is 5.20. The summed E-state index contributed by atoms with van der Waals surface area (Å²) in [7, 11) is 1.67. The molecular formula is C22H23N3O2S. The number of benzene rings is 1. The van der Waals surface area contributed by atoms with E-state index in [9.17, 15) is 4.79 Å². The van der Waals surface area contributed by atoms with Crippen molar-refractivity contribution in [2.75, 3.05) is 20.2 Å². The zero-order chi connectivity index (χ0) is 19.1. The number of hydrogen-bond donors (Lipinski definition) is 0. The molecule has 0 bridgehead atoms. The first kappa shape index (κ1) is 17.5. The van der Waals surface area contributed by atoms with Crippen molar-refractivity contribution >= 4 is 17.2 Å². The molecule has 6 heteroatoms. The molecule has 0 saturated carbocycles. The minimum Gasteiger partial charge on any atom is -0.497 e. The van der Waals surface area contributed by atoms with Gasteiger partial charge in [-0.2, -0.15) is 0 Å². The fourth-order valence-electron chi connectivity index (χ4n) is 4.46. The van der Waals surface area contributed by atoms with Gasteiger partial charge in [0.05, 0.1) is 19.2 Å². The minimum atomic E-state index is 0.125. The first-order valence-electron chi connectivity index (χ1n) is 9.58. The van der Waals surface area contributed by atoms with E-state index in [1.165, 1.54) is 4.88 Å². The zero-order valence-electron chi connectivity index (χ0n) is 15.8. The van der Waals surface area contributed by atoms with Gasteiger partial charge in [-0.15, -0.1) is 11.3 Å². The maximum atomic E-state index is 13.2. The highest BCUT2D eigenvalue weighted by molar-refractivity contribution is 7.09. The second kappa shape index (κ2) is 7.11. The number of nitrogens with zero attached hydrogens (tertiary/aromatic N) is 3. The number of aromatic nitrogens is 1. The summed E-state index contributed by atoms with van der Waals surface area (Å²) in [6.45, 7) is 3.45. The molecule has 0 N–H and O–H groups in total. The highest BCUT2D eigenvalue weighted by Crippen LogP contribution is 2.35. The van der Waals surface area contributed by atoms with E-state index >= 15 is 0 Å². The molecular weight excluding hydrogens is 370 g/mol. The van der Waals surface area contributed by atoms with Gasteiger partial charge in [-0.1, -0.05) is 18.2 Å². The van der Waals surface area contributed by atoms with Crippen LogP contribution in [0.25, 0.3) is 0 Å². The first-order valence-corrected chi connectivity index (χ1v) is 10.5. The lowest BCUT2D eigenvalue weighted by molar-refractivity contribution is 0.0556. The van der Waals surface area contributed by atoms with Crippen LogP contribution >= 0.6 is 11.3 Å². The van der Waals surface area contributed by atoms with E-state index in [4.69, 9.17) is 4.74 Å². The van der Waals surface area contributed by atoms with Crippen molar-refractivity contribution in [3.8, 4) is 5.75 Å². The number of ether oxygens (including phenoxy) is 1. The average molecular weight is 394 g/mol. The van der Waals surface area contributed by atoms with Crippen LogP contribution in [0.15, 0.2) is 60.1 Å². The van der Waals surface area contributed by atoms with Crippen LogP contribution in [0.2, 0.25) is 0 Å². The topological polar surface area (TPSA) is 37.7 Å². The van der Waals surface area contributed by atoms with E-state index in [2.05, 4.69) is 38.1 Å². The molecule has 3 aromatic rings. The van der Waals surface area contributed by atoms with Gasteiger partial charge in [0.2, 0.25) is 0 Å². The van der Waals surface area contributed by atoms with Gasteiger partial charge in [0.15, 0.2) is 0 Å². The van der Waals surface area contributed by atoms with Gasteiger partial charge >= 0.3 is 0 Å². The van der Waals surface area contributed by atoms with Crippen molar-refractivity contribution in [2.45, 2.75) is 25.2 Å². The van der Waals surface area contributed by atoms with Crippen LogP contribution < -0.4 is 4.74 Å². The molecule has 5 rings (SSSR count). The largest absolute Gasteiger partial charge is 0.497 e. The average Bonchev–Trinajstić information content (AvgIpc) is 3.46. The highest BCUT2D eigenvalue weighted by Gasteiger charge is 2.44. The number of likely N-dealkylation sites (tertiary alicyclic amines) is 1. The number of rotatable bonds is 5. The number of carbonyl (C=O) groups is 1. The molecule has 1 amide bonds. The minimum absolute atomic E-state index is 0.125. The molecule has 2 aliphatic heterocycles. The predicted octanol–water partition coefficient (Wildman–Crippen LogP) is 3.64. The summed E-state index contributed by atoms with van der Waals surface area (Å²) in [5.41, 5.74) is 1.93. The Hall–Kier alpha value is -2.57. The Bertz CT molecular complexity index is 964. The Kier molecular flexibility index (Phi) is 4.45. The second-order valence-corrected chi connectivity index (χ2v) is 8.52. The van der Waals surface area contributed by atoms with E-state index in [1.54, 1.807) is 18.4 Å². The van der Waals surface area contributed by atoms with E-state index in [1.807, 2.05) is 36.4 Å². The van der Waals surface area contributed by atoms with Crippen LogP contribution in [-0.4, -0.2) is 46.5 Å². The third-order valence-corrected chi connectivity index (χ3v) is 6.68. The molecule has 28 heavy (non-hydrogen) atoms. The lowest BCUT2D eigenvalue weighted by atomic mass is 10.0. The monoisotopic (exact) mass is 393 g/mol. The highest BCUT2D eigenvalue weighted by atomic mass is 32.1. The normalized spacial score (nSPS) is 21.6. The standard InChI is InChI=1S/C22H23N3O2S/c1-27-17-8-6-16(7-9-17)12-25-21-15-23(13-18-4-3-11-28-18)14-20(21)24-10-2-5-19(24)22(25)26/h2-11,20-21H,12-15H2,1H3/t20-,21+/m1/s1. The number of hydrogen-bond acceptors (Lipinski definition) is 4. The third kappa shape index (κ3) is 3.02. The number of carbonyl (C=O) groups excluding carboxylic acids is 1. The number of thiophene rings is 1. The van der Waals surface area contributed by atoms with Gasteiger partial charge in [-0.05, 0) is 41.3 Å². The van der Waals surface area contributed by atoms with Gasteiger partial charge < -0.3 is 14.2 Å². The number of amides is 1. The van der Waals surface area contributed by atoms with Crippen molar-refractivity contribution < 1.29 is 9.53 Å². The van der Waals surface area contributed by atoms with E-state index < -0.39 is 0 Å². The van der Waals surface area contributed by atoms with Crippen molar-refractivity contribution in [3.63, 3.8) is 0 Å². The van der Waals surface area contributed by atoms with Crippen LogP contribution in [0.1, 0.15) is 27.0 Å². The third-order valence-electron chi connectivity index (χ3n) is 5.82. The Morgan fingerprint density at radius 3 is 2.61 bits per heavy atom. The smallest absolute Gasteiger partial charge is 0.271 e. The van der Waals surface area contributed by atoms with Crippen LogP contribution in [-0.2, 0) is 13.1 Å². The molecule has 5 nitrogen and oxygen atoms in total. The lowest BCUT2D eigenvalue weighted by Gasteiger charge is -2.38. The molecule has 2 aliphatic rings. The summed E-state index contributed by atoms with van der Waals surface area (Å²) in [5, 5.41) is 2.13. The van der Waals surface area contributed by atoms with Crippen LogP contribution in [0, 0.1) is 0 Å². The Balaban J connectivity index is 1.42. The lowest BCUT2D eigenvalue weighted by Crippen LogP contribution is -2.49. The van der Waals surface area contributed by atoms with Gasteiger partial charge in [0.25, 0.3) is 5.91 Å². The van der Waals surface area contributed by atoms with E-state index in [0.29, 0.717) is 12.6 Å². The summed E-state index contributed by atoms with van der Waals surface area (Å²) in [6, 6.07) is 16.7. The summed E-state index contributed by atoms with van der Waals surface area (Å²) in [5.74, 6) is 0.962. The molecule has 1 saturated heterocycles. The van der Waals surface area contributed by atoms with Crippen molar-refractivity contribution in [3.05, 3.63) is 76.2 Å². The Morgan fingerprint density at radius 1 is 1.04 bits per heavy atom. The second-order valence-electron chi connectivity index (χ2n) is 7.49. The molecule has 0 radical (unpaired) electrons. The van der Waals surface area contributed by atoms with Gasteiger partial charge in [-0.3, -0.25) is 9.69 Å². The van der Waals surface area contributed by atoms with Gasteiger partial charge in [0, 0.05) is 37.3 Å². The summed E-state index contributed by atoms with van der Waals surface area (Å²) >= 11 is 1.80. The van der Waals surface area contributed by atoms with Crippen molar-refractivity contribution in [1.82, 2.24) is 14.4 Å². The molecule has 0 unspecified atom stereocenters. The molecule has 1 fully saturated rings. The molecule has 0 spiro atoms. The molecule has 144 valence electrons. The van der Waals surface area contributed by atoms with Gasteiger partial charge in [0.1, 0.15) is 11.4 Å². The van der Waals surface area contributed by atoms with Gasteiger partial charge in [-0.25, -0.2) is 0 Å². The number of fused-ring (bicyclic) bond motifs is 3. The molecule has 2 aromatic heterocycles. The molecule has 0 aliphatic carbocycles. The fraction of sp³-hybridized carbons (Fsp3) is 0.318. The van der Waals surface area contributed by atoms with Crippen molar-refractivity contribution in [1.29, 1.82) is 0 Å². The maximum Gasteiger partial charge on any atom is 0.271 e. The summed E-state index contributed by atoms with van der Waals surface area (Å²) in [6.07, 6.45) is 2.06. The van der Waals surface area contributed by atoms with E-state index in [0.717, 1.165) is 36.6 Å². The Labute approximate surface area is 168 Å². The predicted molar refractivity (Wildman–Crippen MR) is 110 cm³/mol.